The highest BCUT2D eigenvalue weighted by molar-refractivity contribution is 5.94. The summed E-state index contributed by atoms with van der Waals surface area (Å²) < 4.78 is 7.01. The van der Waals surface area contributed by atoms with Gasteiger partial charge < -0.3 is 19.7 Å². The number of H-pyrrole nitrogens is 1. The fourth-order valence-electron chi connectivity index (χ4n) is 4.18. The van der Waals surface area contributed by atoms with Crippen LogP contribution < -0.4 is 9.64 Å². The Labute approximate surface area is 224 Å². The number of benzene rings is 3. The molecule has 10 nitrogen and oxygen atoms in total. The molecule has 2 aromatic heterocycles. The molecule has 0 aliphatic rings. The summed E-state index contributed by atoms with van der Waals surface area (Å²) in [5.74, 6) is -0.664. The summed E-state index contributed by atoms with van der Waals surface area (Å²) in [7, 11) is 1.50. The van der Waals surface area contributed by atoms with Crippen molar-refractivity contribution in [2.75, 3.05) is 12.0 Å². The van der Waals surface area contributed by atoms with Crippen molar-refractivity contribution in [1.82, 2.24) is 25.0 Å². The van der Waals surface area contributed by atoms with E-state index in [1.54, 1.807) is 34.2 Å². The number of hydrogen-bond donors (Lipinski definition) is 2. The van der Waals surface area contributed by atoms with Crippen LogP contribution in [-0.2, 0) is 29.1 Å². The van der Waals surface area contributed by atoms with Gasteiger partial charge >= 0.3 is 5.97 Å². The molecule has 0 bridgehead atoms. The third kappa shape index (κ3) is 5.65. The van der Waals surface area contributed by atoms with E-state index < -0.39 is 5.97 Å². The third-order valence-corrected chi connectivity index (χ3v) is 6.03. The fourth-order valence-corrected chi connectivity index (χ4v) is 4.18. The molecule has 0 unspecified atom stereocenters. The molecule has 2 N–H and O–H groups in total. The molecule has 5 aromatic rings. The fraction of sp³-hybridized carbons (Fsp3) is 0.148. The third-order valence-electron chi connectivity index (χ3n) is 6.03. The second-order valence-electron chi connectivity index (χ2n) is 8.44. The average Bonchev–Trinajstić information content (AvgIpc) is 3.59. The lowest BCUT2D eigenvalue weighted by atomic mass is 10.1. The van der Waals surface area contributed by atoms with E-state index in [1.807, 2.05) is 54.6 Å². The van der Waals surface area contributed by atoms with Crippen molar-refractivity contribution in [3.8, 4) is 17.0 Å². The Morgan fingerprint density at radius 2 is 1.87 bits per heavy atom. The number of amides is 1. The first-order valence-corrected chi connectivity index (χ1v) is 11.6. The Bertz CT molecular complexity index is 1550. The van der Waals surface area contributed by atoms with Crippen LogP contribution in [0.2, 0.25) is 0 Å². The number of carboxylic acid groups (broad SMARTS) is 1. The van der Waals surface area contributed by atoms with E-state index >= 15 is 0 Å². The summed E-state index contributed by atoms with van der Waals surface area (Å²) in [6.07, 6.45) is 3.20. The first kappa shape index (κ1) is 26.4. The van der Waals surface area contributed by atoms with Crippen molar-refractivity contribution < 1.29 is 19.4 Å². The first-order chi connectivity index (χ1) is 18.0. The molecule has 1 amide bonds. The zero-order valence-corrected chi connectivity index (χ0v) is 21.3. The highest BCUT2D eigenvalue weighted by Gasteiger charge is 2.20. The Morgan fingerprint density at radius 3 is 2.58 bits per heavy atom. The number of aromatic amines is 1. The number of carbonyl (C=O) groups excluding carboxylic acids is 1. The van der Waals surface area contributed by atoms with Crippen LogP contribution in [-0.4, -0.2) is 49.1 Å². The van der Waals surface area contributed by atoms with Gasteiger partial charge in [-0.3, -0.25) is 9.59 Å². The number of aromatic nitrogens is 5. The molecule has 5 rings (SSSR count). The Hall–Kier alpha value is -4.70. The second kappa shape index (κ2) is 11.6. The number of hydrogen-bond acceptors (Lipinski definition) is 6. The summed E-state index contributed by atoms with van der Waals surface area (Å²) in [6, 6.07) is 20.4. The van der Waals surface area contributed by atoms with Crippen LogP contribution in [0.3, 0.4) is 0 Å². The van der Waals surface area contributed by atoms with Gasteiger partial charge in [-0.25, -0.2) is 9.67 Å². The van der Waals surface area contributed by atoms with Crippen LogP contribution >= 0.6 is 12.4 Å². The summed E-state index contributed by atoms with van der Waals surface area (Å²) in [5.41, 5.74) is 5.35. The molecule has 3 aromatic carbocycles. The van der Waals surface area contributed by atoms with Crippen molar-refractivity contribution in [3.63, 3.8) is 0 Å². The highest BCUT2D eigenvalue weighted by Crippen LogP contribution is 2.26. The van der Waals surface area contributed by atoms with Gasteiger partial charge in [0.2, 0.25) is 5.91 Å². The Morgan fingerprint density at radius 1 is 1.08 bits per heavy atom. The zero-order valence-electron chi connectivity index (χ0n) is 20.4. The molecule has 0 saturated heterocycles. The van der Waals surface area contributed by atoms with Crippen molar-refractivity contribution in [1.29, 1.82) is 0 Å². The van der Waals surface area contributed by atoms with Gasteiger partial charge in [0.1, 0.15) is 17.8 Å². The zero-order chi connectivity index (χ0) is 25.8. The van der Waals surface area contributed by atoms with E-state index in [0.29, 0.717) is 22.5 Å². The molecule has 0 radical (unpaired) electrons. The predicted molar refractivity (Wildman–Crippen MR) is 144 cm³/mol. The van der Waals surface area contributed by atoms with E-state index in [4.69, 9.17) is 4.74 Å². The number of imidazole rings is 1. The predicted octanol–water partition coefficient (Wildman–Crippen LogP) is 4.11. The molecule has 11 heteroatoms. The smallest absolute Gasteiger partial charge is 0.307 e. The van der Waals surface area contributed by atoms with Crippen LogP contribution in [0, 0.1) is 0 Å². The lowest BCUT2D eigenvalue weighted by Crippen LogP contribution is -2.33. The van der Waals surface area contributed by atoms with Crippen molar-refractivity contribution in [3.05, 3.63) is 90.4 Å². The van der Waals surface area contributed by atoms with Crippen molar-refractivity contribution in [2.24, 2.45) is 0 Å². The Kier molecular flexibility index (Phi) is 8.03. The number of nitrogens with one attached hydrogen (secondary N) is 1. The standard InChI is InChI=1S/C27H24N6O4.ClH/c1-37-25-12-18(6-7-20(25)13-27(35)36)15-32(21-10-8-19(9-11-21)23-14-28-17-29-23)26(34)16-33-24-5-3-2-4-22(24)30-31-33;/h2-12,14,17H,13,15-16H2,1H3,(H,28,29)(H,35,36);1H. The number of methoxy groups -OCH3 is 1. The van der Waals surface area contributed by atoms with E-state index in [1.165, 1.54) is 7.11 Å². The van der Waals surface area contributed by atoms with Crippen molar-refractivity contribution in [2.45, 2.75) is 19.5 Å². The number of aliphatic carboxylic acids is 1. The molecular formula is C27H25ClN6O4. The van der Waals surface area contributed by atoms with E-state index in [-0.39, 0.29) is 37.8 Å². The highest BCUT2D eigenvalue weighted by atomic mass is 35.5. The topological polar surface area (TPSA) is 126 Å². The maximum atomic E-state index is 13.7. The van der Waals surface area contributed by atoms with Crippen LogP contribution in [0.5, 0.6) is 5.75 Å². The molecule has 0 aliphatic heterocycles. The van der Waals surface area contributed by atoms with Gasteiger partial charge in [0.15, 0.2) is 0 Å². The van der Waals surface area contributed by atoms with Crippen LogP contribution in [0.1, 0.15) is 11.1 Å². The van der Waals surface area contributed by atoms with Gasteiger partial charge in [-0.2, -0.15) is 0 Å². The number of para-hydroxylation sites is 1. The largest absolute Gasteiger partial charge is 0.496 e. The number of halogens is 1. The maximum Gasteiger partial charge on any atom is 0.307 e. The maximum absolute atomic E-state index is 13.7. The number of carboxylic acids is 1. The molecule has 2 heterocycles. The minimum Gasteiger partial charge on any atom is -0.496 e. The van der Waals surface area contributed by atoms with E-state index in [2.05, 4.69) is 20.3 Å². The first-order valence-electron chi connectivity index (χ1n) is 11.6. The quantitative estimate of drug-likeness (QED) is 0.292. The van der Waals surface area contributed by atoms with Gasteiger partial charge in [0.25, 0.3) is 0 Å². The van der Waals surface area contributed by atoms with Gasteiger partial charge in [0, 0.05) is 11.3 Å². The lowest BCUT2D eigenvalue weighted by Gasteiger charge is -2.24. The van der Waals surface area contributed by atoms with Crippen LogP contribution in [0.4, 0.5) is 5.69 Å². The summed E-state index contributed by atoms with van der Waals surface area (Å²) in [4.78, 5) is 33.7. The van der Waals surface area contributed by atoms with E-state index in [9.17, 15) is 14.7 Å². The van der Waals surface area contributed by atoms with Gasteiger partial charge in [-0.15, -0.1) is 17.5 Å². The number of ether oxygens (including phenoxy) is 1. The molecule has 0 atom stereocenters. The molecule has 38 heavy (non-hydrogen) atoms. The number of carbonyl (C=O) groups is 2. The van der Waals surface area contributed by atoms with E-state index in [0.717, 1.165) is 22.3 Å². The summed E-state index contributed by atoms with van der Waals surface area (Å²) in [5, 5.41) is 17.5. The van der Waals surface area contributed by atoms with Crippen molar-refractivity contribution >= 4 is 41.0 Å². The normalized spacial score (nSPS) is 10.7. The molecule has 0 aliphatic carbocycles. The minimum absolute atomic E-state index is 0. The van der Waals surface area contributed by atoms with Crippen LogP contribution in [0.15, 0.2) is 79.3 Å². The summed E-state index contributed by atoms with van der Waals surface area (Å²) >= 11 is 0. The monoisotopic (exact) mass is 532 g/mol. The number of fused-ring (bicyclic) bond motifs is 1. The number of anilines is 1. The van der Waals surface area contributed by atoms with Gasteiger partial charge in [-0.1, -0.05) is 41.6 Å². The second-order valence-corrected chi connectivity index (χ2v) is 8.44. The average molecular weight is 533 g/mol. The number of rotatable bonds is 9. The molecular weight excluding hydrogens is 508 g/mol. The Balaban J connectivity index is 0.00000336. The summed E-state index contributed by atoms with van der Waals surface area (Å²) in [6.45, 7) is 0.246. The molecule has 0 spiro atoms. The minimum atomic E-state index is -0.944. The SMILES string of the molecule is COc1cc(CN(C(=O)Cn2nnc3ccccc32)c2ccc(-c3cnc[nH]3)cc2)ccc1CC(=O)O.Cl. The number of nitrogens with zero attached hydrogens (tertiary/aromatic N) is 5. The molecule has 0 fully saturated rings. The lowest BCUT2D eigenvalue weighted by molar-refractivity contribution is -0.136. The molecule has 0 saturated carbocycles. The van der Waals surface area contributed by atoms with Crippen LogP contribution in [0.25, 0.3) is 22.3 Å². The van der Waals surface area contributed by atoms with Gasteiger partial charge in [-0.05, 0) is 41.5 Å². The molecule has 194 valence electrons. The van der Waals surface area contributed by atoms with Gasteiger partial charge in [0.05, 0.1) is 43.8 Å².